The molecule has 1 amide bonds. The summed E-state index contributed by atoms with van der Waals surface area (Å²) in [6.45, 7) is 1.40. The molecule has 0 saturated carbocycles. The number of carbonyl (C=O) groups is 1. The van der Waals surface area contributed by atoms with Crippen LogP contribution < -0.4 is 10.1 Å². The molecule has 2 aromatic carbocycles. The van der Waals surface area contributed by atoms with Crippen molar-refractivity contribution in [2.45, 2.75) is 13.0 Å². The van der Waals surface area contributed by atoms with Crippen molar-refractivity contribution in [3.05, 3.63) is 64.2 Å². The SMILES string of the molecule is C[C@@H](Oc1cccc([N+](=O)[O-])c1)C(=O)Nc1ccc(F)cc1F. The Labute approximate surface area is 129 Å². The minimum Gasteiger partial charge on any atom is -0.481 e. The first-order valence-electron chi connectivity index (χ1n) is 6.54. The number of anilines is 1. The number of hydrogen-bond donors (Lipinski definition) is 1. The van der Waals surface area contributed by atoms with Gasteiger partial charge in [0.2, 0.25) is 0 Å². The third kappa shape index (κ3) is 4.22. The van der Waals surface area contributed by atoms with Gasteiger partial charge in [0.15, 0.2) is 6.10 Å². The Morgan fingerprint density at radius 2 is 2.00 bits per heavy atom. The van der Waals surface area contributed by atoms with E-state index >= 15 is 0 Å². The van der Waals surface area contributed by atoms with Crippen LogP contribution in [-0.4, -0.2) is 16.9 Å². The molecule has 0 fully saturated rings. The third-order valence-corrected chi connectivity index (χ3v) is 2.90. The lowest BCUT2D eigenvalue weighted by Gasteiger charge is -2.15. The fourth-order valence-corrected chi connectivity index (χ4v) is 1.75. The van der Waals surface area contributed by atoms with E-state index in [0.717, 1.165) is 12.1 Å². The largest absolute Gasteiger partial charge is 0.481 e. The fourth-order valence-electron chi connectivity index (χ4n) is 1.75. The topological polar surface area (TPSA) is 81.5 Å². The summed E-state index contributed by atoms with van der Waals surface area (Å²) in [5.74, 6) is -2.23. The summed E-state index contributed by atoms with van der Waals surface area (Å²) in [5.41, 5.74) is -0.370. The second kappa shape index (κ2) is 6.82. The minimum atomic E-state index is -1.04. The molecular formula is C15H12F2N2O4. The van der Waals surface area contributed by atoms with E-state index < -0.39 is 28.6 Å². The first-order valence-corrected chi connectivity index (χ1v) is 6.54. The lowest BCUT2D eigenvalue weighted by atomic mass is 10.2. The molecule has 0 unspecified atom stereocenters. The Morgan fingerprint density at radius 1 is 1.26 bits per heavy atom. The van der Waals surface area contributed by atoms with Crippen LogP contribution in [0.2, 0.25) is 0 Å². The number of nitrogens with zero attached hydrogens (tertiary/aromatic N) is 1. The average Bonchev–Trinajstić information content (AvgIpc) is 2.50. The Hall–Kier alpha value is -3.03. The summed E-state index contributed by atoms with van der Waals surface area (Å²) >= 11 is 0. The number of nitro groups is 1. The molecule has 1 atom stereocenters. The van der Waals surface area contributed by atoms with Gasteiger partial charge < -0.3 is 10.1 Å². The number of rotatable bonds is 5. The lowest BCUT2D eigenvalue weighted by Crippen LogP contribution is -2.30. The van der Waals surface area contributed by atoms with E-state index in [1.165, 1.54) is 31.2 Å². The molecule has 0 aliphatic heterocycles. The zero-order valence-electron chi connectivity index (χ0n) is 12.0. The summed E-state index contributed by atoms with van der Waals surface area (Å²) < 4.78 is 31.6. The van der Waals surface area contributed by atoms with Crippen LogP contribution >= 0.6 is 0 Å². The number of ether oxygens (including phenoxy) is 1. The predicted molar refractivity (Wildman–Crippen MR) is 78.2 cm³/mol. The van der Waals surface area contributed by atoms with Gasteiger partial charge in [0.05, 0.1) is 16.7 Å². The van der Waals surface area contributed by atoms with Gasteiger partial charge >= 0.3 is 0 Å². The van der Waals surface area contributed by atoms with Gasteiger partial charge in [0.1, 0.15) is 17.4 Å². The van der Waals surface area contributed by atoms with Gasteiger partial charge in [-0.05, 0) is 25.1 Å². The number of non-ortho nitro benzene ring substituents is 1. The van der Waals surface area contributed by atoms with Gasteiger partial charge in [0, 0.05) is 12.1 Å². The van der Waals surface area contributed by atoms with Gasteiger partial charge in [0.25, 0.3) is 11.6 Å². The van der Waals surface area contributed by atoms with Crippen molar-refractivity contribution in [2.24, 2.45) is 0 Å². The van der Waals surface area contributed by atoms with Gasteiger partial charge in [-0.2, -0.15) is 0 Å². The van der Waals surface area contributed by atoms with Crippen molar-refractivity contribution in [3.63, 3.8) is 0 Å². The summed E-state index contributed by atoms with van der Waals surface area (Å²) in [7, 11) is 0. The lowest BCUT2D eigenvalue weighted by molar-refractivity contribution is -0.384. The number of carbonyl (C=O) groups excluding carboxylic acids is 1. The summed E-state index contributed by atoms with van der Waals surface area (Å²) in [5, 5.41) is 12.9. The molecule has 0 bridgehead atoms. The average molecular weight is 322 g/mol. The van der Waals surface area contributed by atoms with E-state index in [1.807, 2.05) is 0 Å². The van der Waals surface area contributed by atoms with Crippen LogP contribution in [0.5, 0.6) is 5.75 Å². The molecule has 0 spiro atoms. The van der Waals surface area contributed by atoms with Gasteiger partial charge in [-0.15, -0.1) is 0 Å². The van der Waals surface area contributed by atoms with Gasteiger partial charge in [-0.25, -0.2) is 8.78 Å². The van der Waals surface area contributed by atoms with Crippen molar-refractivity contribution >= 4 is 17.3 Å². The number of halogens is 2. The maximum absolute atomic E-state index is 13.5. The molecule has 2 rings (SSSR count). The highest BCUT2D eigenvalue weighted by molar-refractivity contribution is 5.94. The van der Waals surface area contributed by atoms with E-state index in [4.69, 9.17) is 4.74 Å². The number of amides is 1. The zero-order chi connectivity index (χ0) is 17.0. The summed E-state index contributed by atoms with van der Waals surface area (Å²) in [6, 6.07) is 8.05. The second-order valence-corrected chi connectivity index (χ2v) is 4.63. The van der Waals surface area contributed by atoms with Gasteiger partial charge in [-0.1, -0.05) is 6.07 Å². The molecule has 6 nitrogen and oxygen atoms in total. The predicted octanol–water partition coefficient (Wildman–Crippen LogP) is 3.28. The molecule has 2 aromatic rings. The standard InChI is InChI=1S/C15H12F2N2O4/c1-9(23-12-4-2-3-11(8-12)19(21)22)15(20)18-14-6-5-10(16)7-13(14)17/h2-9H,1H3,(H,18,20)/t9-/m1/s1. The number of nitrogens with one attached hydrogen (secondary N) is 1. The fraction of sp³-hybridized carbons (Fsp3) is 0.133. The van der Waals surface area contributed by atoms with Crippen molar-refractivity contribution in [1.29, 1.82) is 0 Å². The highest BCUT2D eigenvalue weighted by atomic mass is 19.1. The van der Waals surface area contributed by atoms with E-state index in [2.05, 4.69) is 5.32 Å². The number of nitro benzene ring substituents is 1. The smallest absolute Gasteiger partial charge is 0.273 e. The first-order chi connectivity index (χ1) is 10.9. The highest BCUT2D eigenvalue weighted by Gasteiger charge is 2.18. The second-order valence-electron chi connectivity index (χ2n) is 4.63. The Morgan fingerprint density at radius 3 is 2.65 bits per heavy atom. The third-order valence-electron chi connectivity index (χ3n) is 2.90. The molecule has 8 heteroatoms. The molecule has 0 radical (unpaired) electrons. The molecule has 0 aromatic heterocycles. The van der Waals surface area contributed by atoms with E-state index in [1.54, 1.807) is 0 Å². The highest BCUT2D eigenvalue weighted by Crippen LogP contribution is 2.21. The minimum absolute atomic E-state index is 0.126. The van der Waals surface area contributed by atoms with Crippen LogP contribution in [-0.2, 0) is 4.79 Å². The zero-order valence-corrected chi connectivity index (χ0v) is 12.0. The molecular weight excluding hydrogens is 310 g/mol. The normalized spacial score (nSPS) is 11.6. The Kier molecular flexibility index (Phi) is 4.85. The van der Waals surface area contributed by atoms with E-state index in [-0.39, 0.29) is 17.1 Å². The molecule has 23 heavy (non-hydrogen) atoms. The van der Waals surface area contributed by atoms with Crippen LogP contribution in [0.3, 0.4) is 0 Å². The Balaban J connectivity index is 2.05. The summed E-state index contributed by atoms with van der Waals surface area (Å²) in [6.07, 6.45) is -1.04. The molecule has 0 aliphatic carbocycles. The van der Waals surface area contributed by atoms with Crippen molar-refractivity contribution in [3.8, 4) is 5.75 Å². The molecule has 120 valence electrons. The van der Waals surface area contributed by atoms with E-state index in [0.29, 0.717) is 6.07 Å². The quantitative estimate of drug-likeness (QED) is 0.676. The number of hydrogen-bond acceptors (Lipinski definition) is 4. The maximum Gasteiger partial charge on any atom is 0.273 e. The van der Waals surface area contributed by atoms with E-state index in [9.17, 15) is 23.7 Å². The van der Waals surface area contributed by atoms with Crippen molar-refractivity contribution in [2.75, 3.05) is 5.32 Å². The molecule has 0 saturated heterocycles. The first kappa shape index (κ1) is 16.3. The maximum atomic E-state index is 13.5. The molecule has 0 aliphatic rings. The molecule has 1 N–H and O–H groups in total. The van der Waals surface area contributed by atoms with Crippen LogP contribution in [0, 0.1) is 21.7 Å². The molecule has 0 heterocycles. The van der Waals surface area contributed by atoms with Crippen molar-refractivity contribution in [1.82, 2.24) is 0 Å². The monoisotopic (exact) mass is 322 g/mol. The summed E-state index contributed by atoms with van der Waals surface area (Å²) in [4.78, 5) is 22.0. The van der Waals surface area contributed by atoms with Crippen LogP contribution in [0.1, 0.15) is 6.92 Å². The van der Waals surface area contributed by atoms with Crippen LogP contribution in [0.25, 0.3) is 0 Å². The van der Waals surface area contributed by atoms with Gasteiger partial charge in [-0.3, -0.25) is 14.9 Å². The van der Waals surface area contributed by atoms with Crippen molar-refractivity contribution < 1.29 is 23.2 Å². The number of benzene rings is 2. The Bertz CT molecular complexity index is 752. The van der Waals surface area contributed by atoms with Crippen LogP contribution in [0.15, 0.2) is 42.5 Å². The van der Waals surface area contributed by atoms with Crippen LogP contribution in [0.4, 0.5) is 20.2 Å².